The number of amides is 1. The molecule has 0 bridgehead atoms. The van der Waals surface area contributed by atoms with Crippen molar-refractivity contribution < 1.29 is 9.21 Å². The molecule has 1 saturated carbocycles. The molecular formula is C20H20N4O2. The van der Waals surface area contributed by atoms with Crippen LogP contribution in [0, 0.1) is 0 Å². The van der Waals surface area contributed by atoms with Crippen LogP contribution in [0.15, 0.2) is 47.3 Å². The molecule has 6 heteroatoms. The number of aromatic nitrogens is 3. The van der Waals surface area contributed by atoms with Crippen molar-refractivity contribution in [3.05, 3.63) is 71.2 Å². The highest BCUT2D eigenvalue weighted by molar-refractivity contribution is 5.90. The second-order valence-corrected chi connectivity index (χ2v) is 7.23. The average molecular weight is 348 g/mol. The highest BCUT2D eigenvalue weighted by atomic mass is 16.4. The van der Waals surface area contributed by atoms with Gasteiger partial charge in [-0.25, -0.2) is 4.98 Å². The smallest absolute Gasteiger partial charge is 0.310 e. The van der Waals surface area contributed by atoms with Gasteiger partial charge in [-0.15, -0.1) is 0 Å². The van der Waals surface area contributed by atoms with Crippen LogP contribution in [-0.2, 0) is 13.6 Å². The quantitative estimate of drug-likeness (QED) is 0.730. The van der Waals surface area contributed by atoms with Crippen LogP contribution in [0.25, 0.3) is 0 Å². The fourth-order valence-corrected chi connectivity index (χ4v) is 3.74. The summed E-state index contributed by atoms with van der Waals surface area (Å²) in [6, 6.07) is 8.30. The second-order valence-electron chi connectivity index (χ2n) is 7.23. The highest BCUT2D eigenvalue weighted by Crippen LogP contribution is 2.40. The van der Waals surface area contributed by atoms with Crippen LogP contribution in [-0.4, -0.2) is 32.1 Å². The van der Waals surface area contributed by atoms with Gasteiger partial charge in [0.05, 0.1) is 12.4 Å². The van der Waals surface area contributed by atoms with Crippen molar-refractivity contribution in [2.45, 2.75) is 31.2 Å². The Morgan fingerprint density at radius 1 is 1.23 bits per heavy atom. The number of nitrogens with zero attached hydrogens (tertiary/aromatic N) is 4. The van der Waals surface area contributed by atoms with Crippen LogP contribution in [0.1, 0.15) is 57.8 Å². The normalized spacial score (nSPS) is 19.4. The minimum absolute atomic E-state index is 0.107. The maximum absolute atomic E-state index is 13.0. The number of hydrogen-bond acceptors (Lipinski definition) is 4. The molecule has 5 rings (SSSR count). The molecule has 1 atom stereocenters. The first kappa shape index (κ1) is 15.4. The summed E-state index contributed by atoms with van der Waals surface area (Å²) in [5.74, 6) is 1.47. The zero-order valence-corrected chi connectivity index (χ0v) is 14.6. The molecule has 26 heavy (non-hydrogen) atoms. The first-order chi connectivity index (χ1) is 12.7. The molecule has 1 unspecified atom stereocenters. The third kappa shape index (κ3) is 2.62. The maximum Gasteiger partial charge on any atom is 0.310 e. The highest BCUT2D eigenvalue weighted by Gasteiger charge is 2.33. The molecule has 2 aliphatic rings. The van der Waals surface area contributed by atoms with Crippen molar-refractivity contribution in [3.63, 3.8) is 0 Å². The third-order valence-corrected chi connectivity index (χ3v) is 5.30. The predicted molar refractivity (Wildman–Crippen MR) is 94.7 cm³/mol. The van der Waals surface area contributed by atoms with Gasteiger partial charge < -0.3 is 9.32 Å². The monoisotopic (exact) mass is 348 g/mol. The van der Waals surface area contributed by atoms with Crippen LogP contribution >= 0.6 is 0 Å². The summed E-state index contributed by atoms with van der Waals surface area (Å²) >= 11 is 0. The molecule has 0 spiro atoms. The molecule has 3 heterocycles. The van der Waals surface area contributed by atoms with E-state index in [0.29, 0.717) is 19.0 Å². The molecule has 2 aromatic heterocycles. The van der Waals surface area contributed by atoms with Gasteiger partial charge in [0.25, 0.3) is 5.89 Å². The van der Waals surface area contributed by atoms with Gasteiger partial charge in [-0.3, -0.25) is 9.48 Å². The average Bonchev–Trinajstić information content (AvgIpc) is 3.23. The van der Waals surface area contributed by atoms with Crippen LogP contribution in [0.4, 0.5) is 0 Å². The number of rotatable bonds is 3. The third-order valence-electron chi connectivity index (χ3n) is 5.30. The number of hydrogen-bond donors (Lipinski definition) is 0. The van der Waals surface area contributed by atoms with E-state index in [4.69, 9.17) is 4.42 Å². The Labute approximate surface area is 151 Å². The fourth-order valence-electron chi connectivity index (χ4n) is 3.74. The zero-order chi connectivity index (χ0) is 17.7. The second kappa shape index (κ2) is 5.83. The lowest BCUT2D eigenvalue weighted by molar-refractivity contribution is 0.0682. The lowest BCUT2D eigenvalue weighted by Gasteiger charge is -2.33. The Bertz CT molecular complexity index is 970. The van der Waals surface area contributed by atoms with Gasteiger partial charge in [0, 0.05) is 38.2 Å². The van der Waals surface area contributed by atoms with E-state index in [1.165, 1.54) is 5.56 Å². The molecule has 1 fully saturated rings. The van der Waals surface area contributed by atoms with E-state index in [9.17, 15) is 4.79 Å². The molecule has 1 amide bonds. The van der Waals surface area contributed by atoms with E-state index >= 15 is 0 Å². The summed E-state index contributed by atoms with van der Waals surface area (Å²) in [5, 5.41) is 4.30. The van der Waals surface area contributed by atoms with Crippen molar-refractivity contribution in [1.29, 1.82) is 0 Å². The Balaban J connectivity index is 1.47. The summed E-state index contributed by atoms with van der Waals surface area (Å²) in [7, 11) is 1.91. The SMILES string of the molecule is Cn1cc(C2CN(C(=O)c3ncc(C4CC4)o3)Cc3ccccc32)cn1. The number of benzene rings is 1. The van der Waals surface area contributed by atoms with Gasteiger partial charge in [-0.05, 0) is 29.5 Å². The van der Waals surface area contributed by atoms with Gasteiger partial charge in [-0.1, -0.05) is 24.3 Å². The van der Waals surface area contributed by atoms with Crippen LogP contribution < -0.4 is 0 Å². The topological polar surface area (TPSA) is 64.2 Å². The Hall–Kier alpha value is -2.89. The lowest BCUT2D eigenvalue weighted by Crippen LogP contribution is -2.38. The predicted octanol–water partition coefficient (Wildman–Crippen LogP) is 3.07. The Morgan fingerprint density at radius 2 is 2.08 bits per heavy atom. The first-order valence-corrected chi connectivity index (χ1v) is 9.00. The maximum atomic E-state index is 13.0. The standard InChI is InChI=1S/C20H20N4O2/c1-23-10-15(8-22-23)17-12-24(11-14-4-2-3-5-16(14)17)20(25)19-21-9-18(26-19)13-6-7-13/h2-5,8-10,13,17H,6-7,11-12H2,1H3. The van der Waals surface area contributed by atoms with Gasteiger partial charge >= 0.3 is 5.91 Å². The summed E-state index contributed by atoms with van der Waals surface area (Å²) in [4.78, 5) is 19.1. The fraction of sp³-hybridized carbons (Fsp3) is 0.350. The summed E-state index contributed by atoms with van der Waals surface area (Å²) < 4.78 is 7.54. The van der Waals surface area contributed by atoms with Gasteiger partial charge in [0.15, 0.2) is 0 Å². The van der Waals surface area contributed by atoms with Crippen molar-refractivity contribution >= 4 is 5.91 Å². The van der Waals surface area contributed by atoms with Crippen molar-refractivity contribution in [2.24, 2.45) is 7.05 Å². The van der Waals surface area contributed by atoms with Crippen LogP contribution in [0.2, 0.25) is 0 Å². The molecule has 0 saturated heterocycles. The van der Waals surface area contributed by atoms with E-state index in [1.807, 2.05) is 30.4 Å². The number of fused-ring (bicyclic) bond motifs is 1. The van der Waals surface area contributed by atoms with E-state index in [2.05, 4.69) is 28.3 Å². The molecule has 1 aliphatic heterocycles. The number of aryl methyl sites for hydroxylation is 1. The van der Waals surface area contributed by atoms with Gasteiger partial charge in [0.2, 0.25) is 0 Å². The van der Waals surface area contributed by atoms with E-state index < -0.39 is 0 Å². The zero-order valence-electron chi connectivity index (χ0n) is 14.6. The molecule has 0 N–H and O–H groups in total. The summed E-state index contributed by atoms with van der Waals surface area (Å²) in [5.41, 5.74) is 3.54. The summed E-state index contributed by atoms with van der Waals surface area (Å²) in [6.45, 7) is 1.18. The number of oxazole rings is 1. The largest absolute Gasteiger partial charge is 0.437 e. The molecule has 0 radical (unpaired) electrons. The molecule has 132 valence electrons. The molecule has 1 aromatic carbocycles. The van der Waals surface area contributed by atoms with Crippen molar-refractivity contribution in [3.8, 4) is 0 Å². The van der Waals surface area contributed by atoms with E-state index in [-0.39, 0.29) is 17.7 Å². The Kier molecular flexibility index (Phi) is 3.45. The lowest BCUT2D eigenvalue weighted by atomic mass is 9.86. The molecule has 3 aromatic rings. The Morgan fingerprint density at radius 3 is 2.85 bits per heavy atom. The summed E-state index contributed by atoms with van der Waals surface area (Å²) in [6.07, 6.45) is 7.87. The molecule has 6 nitrogen and oxygen atoms in total. The molecule has 1 aliphatic carbocycles. The van der Waals surface area contributed by atoms with Crippen LogP contribution in [0.3, 0.4) is 0 Å². The van der Waals surface area contributed by atoms with Crippen molar-refractivity contribution in [1.82, 2.24) is 19.7 Å². The van der Waals surface area contributed by atoms with Crippen LogP contribution in [0.5, 0.6) is 0 Å². The van der Waals surface area contributed by atoms with Gasteiger partial charge in [0.1, 0.15) is 5.76 Å². The van der Waals surface area contributed by atoms with Gasteiger partial charge in [-0.2, -0.15) is 5.10 Å². The minimum atomic E-state index is -0.139. The number of carbonyl (C=O) groups excluding carboxylic acids is 1. The minimum Gasteiger partial charge on any atom is -0.437 e. The van der Waals surface area contributed by atoms with Crippen molar-refractivity contribution in [2.75, 3.05) is 6.54 Å². The first-order valence-electron chi connectivity index (χ1n) is 9.00. The van der Waals surface area contributed by atoms with E-state index in [1.54, 1.807) is 10.9 Å². The number of carbonyl (C=O) groups is 1. The molecular weight excluding hydrogens is 328 g/mol. The van der Waals surface area contributed by atoms with E-state index in [0.717, 1.165) is 29.7 Å².